The molecule has 0 spiro atoms. The molecular formula is C19H20ClFN4OS. The van der Waals surface area contributed by atoms with Crippen molar-refractivity contribution in [2.24, 2.45) is 0 Å². The molecule has 1 aromatic carbocycles. The smallest absolute Gasteiger partial charge is 0.208 e. The van der Waals surface area contributed by atoms with Crippen LogP contribution in [-0.2, 0) is 0 Å². The molecule has 0 aliphatic carbocycles. The number of aryl methyl sites for hydroxylation is 1. The average molecular weight is 407 g/mol. The molecule has 0 fully saturated rings. The molecule has 27 heavy (non-hydrogen) atoms. The minimum absolute atomic E-state index is 0.0107. The van der Waals surface area contributed by atoms with Crippen LogP contribution in [0.15, 0.2) is 29.4 Å². The lowest BCUT2D eigenvalue weighted by atomic mass is 10.2. The fraction of sp³-hybridized carbons (Fsp3) is 0.316. The monoisotopic (exact) mass is 406 g/mol. The lowest BCUT2D eigenvalue weighted by Crippen LogP contribution is -2.06. The summed E-state index contributed by atoms with van der Waals surface area (Å²) in [7, 11) is 0. The van der Waals surface area contributed by atoms with Crippen molar-refractivity contribution in [2.75, 3.05) is 5.75 Å². The molecule has 0 atom stereocenters. The average Bonchev–Trinajstić information content (AvgIpc) is 3.20. The van der Waals surface area contributed by atoms with E-state index in [1.807, 2.05) is 38.3 Å². The summed E-state index contributed by atoms with van der Waals surface area (Å²) < 4.78 is 15.3. The van der Waals surface area contributed by atoms with Crippen molar-refractivity contribution >= 4 is 29.1 Å². The molecule has 142 valence electrons. The van der Waals surface area contributed by atoms with E-state index in [0.717, 1.165) is 22.9 Å². The van der Waals surface area contributed by atoms with E-state index < -0.39 is 5.82 Å². The first-order valence-corrected chi connectivity index (χ1v) is 9.87. The van der Waals surface area contributed by atoms with Gasteiger partial charge in [-0.3, -0.25) is 9.89 Å². The number of nitrogens with zero attached hydrogens (tertiary/aromatic N) is 3. The molecule has 2 heterocycles. The van der Waals surface area contributed by atoms with E-state index in [9.17, 15) is 9.18 Å². The Morgan fingerprint density at radius 2 is 2.07 bits per heavy atom. The number of halogens is 2. The van der Waals surface area contributed by atoms with Gasteiger partial charge in [0.25, 0.3) is 0 Å². The number of hydrogen-bond donors (Lipinski definition) is 1. The maximum Gasteiger partial charge on any atom is 0.208 e. The third kappa shape index (κ3) is 4.09. The number of carbonyl (C=O) groups excluding carboxylic acids is 1. The Hall–Kier alpha value is -2.12. The number of nitrogens with one attached hydrogen (secondary N) is 1. The number of hydrogen-bond acceptors (Lipinski definition) is 4. The van der Waals surface area contributed by atoms with Crippen molar-refractivity contribution in [1.29, 1.82) is 0 Å². The quantitative estimate of drug-likeness (QED) is 0.456. The van der Waals surface area contributed by atoms with Crippen LogP contribution >= 0.6 is 23.4 Å². The van der Waals surface area contributed by atoms with Crippen molar-refractivity contribution in [3.63, 3.8) is 0 Å². The molecule has 0 unspecified atom stereocenters. The molecule has 3 rings (SSSR count). The van der Waals surface area contributed by atoms with Gasteiger partial charge < -0.3 is 4.57 Å². The van der Waals surface area contributed by atoms with Crippen LogP contribution in [0.5, 0.6) is 0 Å². The minimum atomic E-state index is -0.470. The normalized spacial score (nSPS) is 11.4. The van der Waals surface area contributed by atoms with Gasteiger partial charge in [-0.25, -0.2) is 9.37 Å². The van der Waals surface area contributed by atoms with Crippen LogP contribution in [0, 0.1) is 19.7 Å². The Morgan fingerprint density at radius 1 is 1.33 bits per heavy atom. The van der Waals surface area contributed by atoms with Gasteiger partial charge in [-0.1, -0.05) is 37.2 Å². The molecule has 1 N–H and O–H groups in total. The molecular weight excluding hydrogens is 387 g/mol. The molecule has 3 aromatic rings. The summed E-state index contributed by atoms with van der Waals surface area (Å²) in [6, 6.07) is 6.36. The summed E-state index contributed by atoms with van der Waals surface area (Å²) in [4.78, 5) is 17.1. The predicted octanol–water partition coefficient (Wildman–Crippen LogP) is 5.10. The molecule has 0 saturated heterocycles. The van der Waals surface area contributed by atoms with E-state index in [1.165, 1.54) is 17.8 Å². The van der Waals surface area contributed by atoms with Crippen LogP contribution in [-0.4, -0.2) is 31.3 Å². The second-order valence-electron chi connectivity index (χ2n) is 6.59. The largest absolute Gasteiger partial charge is 0.318 e. The third-order valence-corrected chi connectivity index (χ3v) is 5.39. The van der Waals surface area contributed by atoms with Crippen LogP contribution in [0.3, 0.4) is 0 Å². The first kappa shape index (κ1) is 19.6. The van der Waals surface area contributed by atoms with E-state index in [2.05, 4.69) is 15.2 Å². The lowest BCUT2D eigenvalue weighted by molar-refractivity contribution is 0.102. The highest BCUT2D eigenvalue weighted by Gasteiger charge is 2.18. The molecule has 0 aliphatic heterocycles. The van der Waals surface area contributed by atoms with Gasteiger partial charge in [0.1, 0.15) is 11.6 Å². The molecule has 0 aliphatic rings. The summed E-state index contributed by atoms with van der Waals surface area (Å²) in [6.07, 6.45) is 0. The topological polar surface area (TPSA) is 63.6 Å². The highest BCUT2D eigenvalue weighted by molar-refractivity contribution is 7.99. The van der Waals surface area contributed by atoms with E-state index in [1.54, 1.807) is 12.1 Å². The van der Waals surface area contributed by atoms with Gasteiger partial charge in [0.05, 0.1) is 10.8 Å². The van der Waals surface area contributed by atoms with Gasteiger partial charge in [0.15, 0.2) is 5.78 Å². The number of ketones is 1. The molecule has 5 nitrogen and oxygen atoms in total. The van der Waals surface area contributed by atoms with Gasteiger partial charge in [-0.15, -0.1) is 5.10 Å². The zero-order chi connectivity index (χ0) is 19.7. The Balaban J connectivity index is 1.80. The molecule has 2 aromatic heterocycles. The van der Waals surface area contributed by atoms with E-state index in [4.69, 9.17) is 11.6 Å². The van der Waals surface area contributed by atoms with Crippen molar-refractivity contribution in [3.05, 3.63) is 57.9 Å². The summed E-state index contributed by atoms with van der Waals surface area (Å²) >= 11 is 7.21. The molecule has 0 amide bonds. The van der Waals surface area contributed by atoms with Crippen LogP contribution in [0.2, 0.25) is 5.02 Å². The Bertz CT molecular complexity index is 996. The number of Topliss-reactive ketones (excluding diaryl/α,β-unsaturated/α-hetero) is 1. The van der Waals surface area contributed by atoms with Crippen LogP contribution in [0.1, 0.15) is 47.3 Å². The van der Waals surface area contributed by atoms with Crippen molar-refractivity contribution < 1.29 is 9.18 Å². The summed E-state index contributed by atoms with van der Waals surface area (Å²) in [5.41, 5.74) is 3.01. The van der Waals surface area contributed by atoms with E-state index >= 15 is 0 Å². The number of thioether (sulfide) groups is 1. The van der Waals surface area contributed by atoms with Crippen LogP contribution in [0.25, 0.3) is 5.69 Å². The maximum absolute atomic E-state index is 13.4. The Morgan fingerprint density at radius 3 is 2.70 bits per heavy atom. The predicted molar refractivity (Wildman–Crippen MR) is 106 cm³/mol. The SMILES string of the molecule is Cc1cc(C(=O)CSc2n[nH]c(C(C)C)n2)c(C)n1-c1ccc(F)c(Cl)c1. The lowest BCUT2D eigenvalue weighted by Gasteiger charge is -2.10. The molecule has 0 bridgehead atoms. The second kappa shape index (κ2) is 7.86. The fourth-order valence-corrected chi connectivity index (χ4v) is 3.72. The zero-order valence-corrected chi connectivity index (χ0v) is 17.1. The second-order valence-corrected chi connectivity index (χ2v) is 7.94. The number of rotatable bonds is 6. The molecule has 0 saturated carbocycles. The third-order valence-electron chi connectivity index (χ3n) is 4.25. The first-order valence-electron chi connectivity index (χ1n) is 8.50. The number of H-pyrrole nitrogens is 1. The minimum Gasteiger partial charge on any atom is -0.318 e. The Kier molecular flexibility index (Phi) is 5.72. The van der Waals surface area contributed by atoms with Gasteiger partial charge in [-0.05, 0) is 38.1 Å². The van der Waals surface area contributed by atoms with E-state index in [-0.39, 0.29) is 22.5 Å². The van der Waals surface area contributed by atoms with Crippen LogP contribution in [0.4, 0.5) is 4.39 Å². The standard InChI is InChI=1S/C19H20ClFN4OS/c1-10(2)18-22-19(24-23-18)27-9-17(26)14-7-11(3)25(12(14)4)13-5-6-16(21)15(20)8-13/h5-8,10H,9H2,1-4H3,(H,22,23,24). The first-order chi connectivity index (χ1) is 12.8. The molecule has 8 heteroatoms. The number of carbonyl (C=O) groups is 1. The van der Waals surface area contributed by atoms with Crippen molar-refractivity contribution in [2.45, 2.75) is 38.8 Å². The van der Waals surface area contributed by atoms with Gasteiger partial charge in [0, 0.05) is 28.6 Å². The van der Waals surface area contributed by atoms with Gasteiger partial charge in [0.2, 0.25) is 5.16 Å². The summed E-state index contributed by atoms with van der Waals surface area (Å²) in [6.45, 7) is 7.82. The number of benzene rings is 1. The number of aromatic nitrogens is 4. The van der Waals surface area contributed by atoms with Gasteiger partial charge in [-0.2, -0.15) is 0 Å². The number of aromatic amines is 1. The highest BCUT2D eigenvalue weighted by atomic mass is 35.5. The highest BCUT2D eigenvalue weighted by Crippen LogP contribution is 2.26. The van der Waals surface area contributed by atoms with Crippen molar-refractivity contribution in [3.8, 4) is 5.69 Å². The molecule has 0 radical (unpaired) electrons. The van der Waals surface area contributed by atoms with Gasteiger partial charge >= 0.3 is 0 Å². The summed E-state index contributed by atoms with van der Waals surface area (Å²) in [5.74, 6) is 0.816. The fourth-order valence-electron chi connectivity index (χ4n) is 2.86. The summed E-state index contributed by atoms with van der Waals surface area (Å²) in [5, 5.41) is 7.63. The maximum atomic E-state index is 13.4. The van der Waals surface area contributed by atoms with E-state index in [0.29, 0.717) is 10.7 Å². The zero-order valence-electron chi connectivity index (χ0n) is 15.5. The van der Waals surface area contributed by atoms with Crippen molar-refractivity contribution in [1.82, 2.24) is 19.7 Å². The Labute approximate surface area is 166 Å². The van der Waals surface area contributed by atoms with Crippen LogP contribution < -0.4 is 0 Å².